The second kappa shape index (κ2) is 6.65. The molecule has 0 unspecified atom stereocenters. The summed E-state index contributed by atoms with van der Waals surface area (Å²) in [6.07, 6.45) is 4.41. The average Bonchev–Trinajstić information content (AvgIpc) is 2.59. The van der Waals surface area contributed by atoms with Gasteiger partial charge in [-0.1, -0.05) is 18.2 Å². The van der Waals surface area contributed by atoms with Gasteiger partial charge in [0, 0.05) is 5.56 Å². The number of hydrogen-bond donors (Lipinski definition) is 1. The standard InChI is InChI=1S/C19H18O4/c20-17-7-3-6-16(11-17)19(22)23-12-18(21)15-9-8-13-4-1-2-5-14(13)10-15/h3,6-11,20H,1-2,4-5,12H2. The molecule has 0 aromatic heterocycles. The smallest absolute Gasteiger partial charge is 0.338 e. The molecule has 0 radical (unpaired) electrons. The number of benzene rings is 2. The SMILES string of the molecule is O=C(COC(=O)c1cccc(O)c1)c1ccc2c(c1)CCCC2. The van der Waals surface area contributed by atoms with Crippen LogP contribution in [0.3, 0.4) is 0 Å². The normalized spacial score (nSPS) is 13.2. The number of hydrogen-bond acceptors (Lipinski definition) is 4. The Morgan fingerprint density at radius 2 is 1.74 bits per heavy atom. The van der Waals surface area contributed by atoms with Crippen LogP contribution < -0.4 is 0 Å². The van der Waals surface area contributed by atoms with Gasteiger partial charge in [-0.25, -0.2) is 4.79 Å². The van der Waals surface area contributed by atoms with Crippen LogP contribution in [0.25, 0.3) is 0 Å². The number of phenolic OH excluding ortho intramolecular Hbond substituents is 1. The number of rotatable bonds is 4. The van der Waals surface area contributed by atoms with Gasteiger partial charge in [0.1, 0.15) is 5.75 Å². The highest BCUT2D eigenvalue weighted by molar-refractivity contribution is 5.99. The number of aromatic hydroxyl groups is 1. The fraction of sp³-hybridized carbons (Fsp3) is 0.263. The summed E-state index contributed by atoms with van der Waals surface area (Å²) >= 11 is 0. The third-order valence-corrected chi connectivity index (χ3v) is 4.09. The molecule has 0 fully saturated rings. The largest absolute Gasteiger partial charge is 0.508 e. The van der Waals surface area contributed by atoms with Gasteiger partial charge in [0.2, 0.25) is 0 Å². The number of ether oxygens (including phenoxy) is 1. The van der Waals surface area contributed by atoms with Crippen molar-refractivity contribution in [1.29, 1.82) is 0 Å². The van der Waals surface area contributed by atoms with Crippen LogP contribution in [-0.4, -0.2) is 23.5 Å². The summed E-state index contributed by atoms with van der Waals surface area (Å²) in [6.45, 7) is -0.298. The van der Waals surface area contributed by atoms with Gasteiger partial charge < -0.3 is 9.84 Å². The first kappa shape index (κ1) is 15.3. The Bertz CT molecular complexity index is 749. The molecule has 0 atom stereocenters. The fourth-order valence-corrected chi connectivity index (χ4v) is 2.84. The van der Waals surface area contributed by atoms with E-state index in [1.165, 1.54) is 35.7 Å². The zero-order chi connectivity index (χ0) is 16.2. The lowest BCUT2D eigenvalue weighted by molar-refractivity contribution is 0.0474. The second-order valence-electron chi connectivity index (χ2n) is 5.74. The molecule has 0 amide bonds. The summed E-state index contributed by atoms with van der Waals surface area (Å²) in [5.74, 6) is -0.848. The summed E-state index contributed by atoms with van der Waals surface area (Å²) in [6, 6.07) is 11.6. The number of fused-ring (bicyclic) bond motifs is 1. The Labute approximate surface area is 134 Å². The Kier molecular flexibility index (Phi) is 4.42. The van der Waals surface area contributed by atoms with Gasteiger partial charge >= 0.3 is 5.97 Å². The van der Waals surface area contributed by atoms with E-state index in [1.54, 1.807) is 12.1 Å². The number of carbonyl (C=O) groups excluding carboxylic acids is 2. The summed E-state index contributed by atoms with van der Waals surface area (Å²) in [5, 5.41) is 9.36. The monoisotopic (exact) mass is 310 g/mol. The number of esters is 1. The molecule has 4 heteroatoms. The molecule has 1 N–H and O–H groups in total. The van der Waals surface area contributed by atoms with E-state index in [-0.39, 0.29) is 23.7 Å². The minimum Gasteiger partial charge on any atom is -0.508 e. The third-order valence-electron chi connectivity index (χ3n) is 4.09. The van der Waals surface area contributed by atoms with Gasteiger partial charge in [-0.3, -0.25) is 4.79 Å². The number of carbonyl (C=O) groups is 2. The molecule has 23 heavy (non-hydrogen) atoms. The number of phenols is 1. The van der Waals surface area contributed by atoms with Crippen molar-refractivity contribution in [1.82, 2.24) is 0 Å². The van der Waals surface area contributed by atoms with E-state index in [1.807, 2.05) is 12.1 Å². The lowest BCUT2D eigenvalue weighted by Gasteiger charge is -2.16. The molecule has 0 bridgehead atoms. The first-order chi connectivity index (χ1) is 11.1. The lowest BCUT2D eigenvalue weighted by atomic mass is 9.90. The molecule has 118 valence electrons. The summed E-state index contributed by atoms with van der Waals surface area (Å²) in [7, 11) is 0. The molecule has 2 aromatic rings. The highest BCUT2D eigenvalue weighted by Gasteiger charge is 2.15. The van der Waals surface area contributed by atoms with Crippen LogP contribution in [0.1, 0.15) is 44.7 Å². The number of ketones is 1. The van der Waals surface area contributed by atoms with E-state index in [0.717, 1.165) is 19.3 Å². The maximum absolute atomic E-state index is 12.2. The minimum atomic E-state index is -0.618. The van der Waals surface area contributed by atoms with Crippen molar-refractivity contribution in [2.45, 2.75) is 25.7 Å². The van der Waals surface area contributed by atoms with Crippen LogP contribution in [0.2, 0.25) is 0 Å². The van der Waals surface area contributed by atoms with E-state index in [4.69, 9.17) is 4.74 Å². The average molecular weight is 310 g/mol. The third kappa shape index (κ3) is 3.59. The van der Waals surface area contributed by atoms with E-state index >= 15 is 0 Å². The van der Waals surface area contributed by atoms with Crippen molar-refractivity contribution in [2.75, 3.05) is 6.61 Å². The van der Waals surface area contributed by atoms with Crippen LogP contribution in [0.15, 0.2) is 42.5 Å². The topological polar surface area (TPSA) is 63.6 Å². The van der Waals surface area contributed by atoms with Crippen molar-refractivity contribution in [3.05, 3.63) is 64.7 Å². The maximum atomic E-state index is 12.2. The van der Waals surface area contributed by atoms with E-state index < -0.39 is 5.97 Å². The van der Waals surface area contributed by atoms with Gasteiger partial charge in [-0.2, -0.15) is 0 Å². The Morgan fingerprint density at radius 1 is 0.957 bits per heavy atom. The van der Waals surface area contributed by atoms with Crippen molar-refractivity contribution >= 4 is 11.8 Å². The van der Waals surface area contributed by atoms with Crippen LogP contribution in [0.4, 0.5) is 0 Å². The van der Waals surface area contributed by atoms with E-state index in [0.29, 0.717) is 5.56 Å². The summed E-state index contributed by atoms with van der Waals surface area (Å²) in [5.41, 5.74) is 3.34. The lowest BCUT2D eigenvalue weighted by Crippen LogP contribution is -2.15. The van der Waals surface area contributed by atoms with Crippen molar-refractivity contribution < 1.29 is 19.4 Å². The van der Waals surface area contributed by atoms with Crippen molar-refractivity contribution in [3.63, 3.8) is 0 Å². The maximum Gasteiger partial charge on any atom is 0.338 e. The van der Waals surface area contributed by atoms with E-state index in [9.17, 15) is 14.7 Å². The van der Waals surface area contributed by atoms with Crippen LogP contribution in [0.5, 0.6) is 5.75 Å². The van der Waals surface area contributed by atoms with E-state index in [2.05, 4.69) is 0 Å². The predicted molar refractivity (Wildman–Crippen MR) is 85.8 cm³/mol. The van der Waals surface area contributed by atoms with Crippen LogP contribution >= 0.6 is 0 Å². The van der Waals surface area contributed by atoms with Gasteiger partial charge in [0.05, 0.1) is 5.56 Å². The zero-order valence-electron chi connectivity index (χ0n) is 12.7. The Hall–Kier alpha value is -2.62. The van der Waals surface area contributed by atoms with Gasteiger partial charge in [0.15, 0.2) is 12.4 Å². The molecular weight excluding hydrogens is 292 g/mol. The molecule has 0 saturated heterocycles. The van der Waals surface area contributed by atoms with Crippen LogP contribution in [-0.2, 0) is 17.6 Å². The van der Waals surface area contributed by atoms with Gasteiger partial charge in [-0.05, 0) is 61.1 Å². The molecule has 4 nitrogen and oxygen atoms in total. The molecule has 1 aliphatic rings. The Balaban J connectivity index is 1.64. The first-order valence-electron chi connectivity index (χ1n) is 7.74. The van der Waals surface area contributed by atoms with Gasteiger partial charge in [-0.15, -0.1) is 0 Å². The van der Waals surface area contributed by atoms with Crippen molar-refractivity contribution in [3.8, 4) is 5.75 Å². The molecule has 0 spiro atoms. The molecule has 3 rings (SSSR count). The molecular formula is C19H18O4. The zero-order valence-corrected chi connectivity index (χ0v) is 12.7. The highest BCUT2D eigenvalue weighted by Crippen LogP contribution is 2.22. The molecule has 0 saturated carbocycles. The second-order valence-corrected chi connectivity index (χ2v) is 5.74. The van der Waals surface area contributed by atoms with Crippen LogP contribution in [0, 0.1) is 0 Å². The number of aryl methyl sites for hydroxylation is 2. The van der Waals surface area contributed by atoms with Gasteiger partial charge in [0.25, 0.3) is 0 Å². The molecule has 0 aliphatic heterocycles. The summed E-state index contributed by atoms with van der Waals surface area (Å²) in [4.78, 5) is 24.1. The first-order valence-corrected chi connectivity index (χ1v) is 7.74. The summed E-state index contributed by atoms with van der Waals surface area (Å²) < 4.78 is 5.04. The quantitative estimate of drug-likeness (QED) is 0.695. The number of Topliss-reactive ketones (excluding diaryl/α,β-unsaturated/α-hetero) is 1. The highest BCUT2D eigenvalue weighted by atomic mass is 16.5. The predicted octanol–water partition coefficient (Wildman–Crippen LogP) is 3.31. The van der Waals surface area contributed by atoms with Crippen molar-refractivity contribution in [2.24, 2.45) is 0 Å². The Morgan fingerprint density at radius 3 is 2.52 bits per heavy atom. The molecule has 1 aliphatic carbocycles. The fourth-order valence-electron chi connectivity index (χ4n) is 2.84. The minimum absolute atomic E-state index is 0.0135. The molecule has 2 aromatic carbocycles. The molecule has 0 heterocycles.